The van der Waals surface area contributed by atoms with Gasteiger partial charge in [-0.15, -0.1) is 0 Å². The van der Waals surface area contributed by atoms with E-state index in [-0.39, 0.29) is 0 Å². The Morgan fingerprint density at radius 1 is 1.04 bits per heavy atom. The zero-order chi connectivity index (χ0) is 17.9. The summed E-state index contributed by atoms with van der Waals surface area (Å²) in [5.74, 6) is 0.765. The maximum atomic E-state index is 9.29. The molecule has 0 unspecified atom stereocenters. The fraction of sp³-hybridized carbons (Fsp3) is 0.500. The van der Waals surface area contributed by atoms with Crippen LogP contribution in [0.25, 0.3) is 0 Å². The van der Waals surface area contributed by atoms with Crippen molar-refractivity contribution < 1.29 is 0 Å². The topological polar surface area (TPSA) is 35.2 Å². The molecule has 0 N–H and O–H groups in total. The monoisotopic (exact) mass is 348 g/mol. The lowest BCUT2D eigenvalue weighted by molar-refractivity contribution is 0.123. The summed E-state index contributed by atoms with van der Waals surface area (Å²) < 4.78 is 2.06. The SMILES string of the molecule is CCn1cc(CN2C[C@H]3CC[C@@H](C2)N(Cc2ccccc2)C3)cc1C#N. The van der Waals surface area contributed by atoms with Crippen LogP contribution in [0, 0.1) is 17.2 Å². The molecule has 3 fully saturated rings. The van der Waals surface area contributed by atoms with Gasteiger partial charge in [0.15, 0.2) is 0 Å². The van der Waals surface area contributed by atoms with E-state index in [9.17, 15) is 5.26 Å². The van der Waals surface area contributed by atoms with Crippen molar-refractivity contribution in [3.05, 3.63) is 59.4 Å². The molecule has 4 heteroatoms. The molecule has 0 saturated carbocycles. The summed E-state index contributed by atoms with van der Waals surface area (Å²) in [6.07, 6.45) is 4.83. The van der Waals surface area contributed by atoms with Gasteiger partial charge in [0.1, 0.15) is 11.8 Å². The Kier molecular flexibility index (Phi) is 5.10. The van der Waals surface area contributed by atoms with Crippen molar-refractivity contribution >= 4 is 0 Å². The first-order valence-electron chi connectivity index (χ1n) is 9.84. The zero-order valence-electron chi connectivity index (χ0n) is 15.6. The Morgan fingerprint density at radius 2 is 1.88 bits per heavy atom. The van der Waals surface area contributed by atoms with E-state index in [1.807, 2.05) is 0 Å². The smallest absolute Gasteiger partial charge is 0.120 e. The average Bonchev–Trinajstić information content (AvgIpc) is 2.86. The fourth-order valence-electron chi connectivity index (χ4n) is 4.69. The number of benzene rings is 1. The second-order valence-corrected chi connectivity index (χ2v) is 7.84. The van der Waals surface area contributed by atoms with E-state index in [4.69, 9.17) is 0 Å². The summed E-state index contributed by atoms with van der Waals surface area (Å²) in [5.41, 5.74) is 3.48. The number of nitrogens with zero attached hydrogens (tertiary/aromatic N) is 4. The molecule has 1 aromatic carbocycles. The molecule has 136 valence electrons. The predicted molar refractivity (Wildman–Crippen MR) is 103 cm³/mol. The Hall–Kier alpha value is -2.09. The van der Waals surface area contributed by atoms with Crippen molar-refractivity contribution in [3.8, 4) is 6.07 Å². The second-order valence-electron chi connectivity index (χ2n) is 7.84. The lowest BCUT2D eigenvalue weighted by Gasteiger charge is -2.36. The third-order valence-corrected chi connectivity index (χ3v) is 5.95. The molecule has 3 aliphatic heterocycles. The van der Waals surface area contributed by atoms with E-state index in [1.54, 1.807) is 0 Å². The molecule has 4 nitrogen and oxygen atoms in total. The van der Waals surface area contributed by atoms with Gasteiger partial charge in [-0.05, 0) is 42.9 Å². The van der Waals surface area contributed by atoms with Gasteiger partial charge in [-0.3, -0.25) is 9.80 Å². The molecule has 2 bridgehead atoms. The van der Waals surface area contributed by atoms with Crippen LogP contribution in [0.5, 0.6) is 0 Å². The Morgan fingerprint density at radius 3 is 2.62 bits per heavy atom. The molecular formula is C22H28N4. The summed E-state index contributed by atoms with van der Waals surface area (Å²) in [4.78, 5) is 5.31. The summed E-state index contributed by atoms with van der Waals surface area (Å²) in [6, 6.07) is 15.9. The third-order valence-electron chi connectivity index (χ3n) is 5.95. The van der Waals surface area contributed by atoms with Crippen molar-refractivity contribution in [1.29, 1.82) is 5.26 Å². The Labute approximate surface area is 156 Å². The van der Waals surface area contributed by atoms with E-state index in [0.29, 0.717) is 6.04 Å². The largest absolute Gasteiger partial charge is 0.339 e. The number of aromatic nitrogens is 1. The van der Waals surface area contributed by atoms with Gasteiger partial charge >= 0.3 is 0 Å². The van der Waals surface area contributed by atoms with Crippen LogP contribution in [0.3, 0.4) is 0 Å². The molecule has 2 aromatic rings. The highest BCUT2D eigenvalue weighted by Crippen LogP contribution is 2.30. The molecule has 5 rings (SSSR count). The lowest BCUT2D eigenvalue weighted by Crippen LogP contribution is -2.43. The first kappa shape index (κ1) is 17.3. The van der Waals surface area contributed by atoms with Crippen LogP contribution in [0.2, 0.25) is 0 Å². The van der Waals surface area contributed by atoms with Gasteiger partial charge < -0.3 is 4.57 Å². The highest BCUT2D eigenvalue weighted by molar-refractivity contribution is 5.28. The minimum Gasteiger partial charge on any atom is -0.339 e. The molecule has 0 spiro atoms. The maximum Gasteiger partial charge on any atom is 0.120 e. The number of hydrogen-bond acceptors (Lipinski definition) is 3. The summed E-state index contributed by atoms with van der Waals surface area (Å²) in [7, 11) is 0. The van der Waals surface area contributed by atoms with Crippen molar-refractivity contribution in [2.45, 2.75) is 45.4 Å². The van der Waals surface area contributed by atoms with Gasteiger partial charge in [0.25, 0.3) is 0 Å². The molecule has 0 radical (unpaired) electrons. The predicted octanol–water partition coefficient (Wildman–Crippen LogP) is 3.48. The molecule has 3 aliphatic rings. The first-order chi connectivity index (χ1) is 12.7. The number of hydrogen-bond donors (Lipinski definition) is 0. The maximum absolute atomic E-state index is 9.29. The van der Waals surface area contributed by atoms with E-state index in [0.717, 1.165) is 37.8 Å². The van der Waals surface area contributed by atoms with Crippen molar-refractivity contribution in [2.75, 3.05) is 19.6 Å². The van der Waals surface area contributed by atoms with Gasteiger partial charge in [0, 0.05) is 51.5 Å². The van der Waals surface area contributed by atoms with Crippen LogP contribution in [0.1, 0.15) is 36.6 Å². The van der Waals surface area contributed by atoms with E-state index >= 15 is 0 Å². The van der Waals surface area contributed by atoms with Gasteiger partial charge in [0.05, 0.1) is 0 Å². The van der Waals surface area contributed by atoms with Gasteiger partial charge in [0.2, 0.25) is 0 Å². The minimum absolute atomic E-state index is 0.651. The van der Waals surface area contributed by atoms with Crippen molar-refractivity contribution in [1.82, 2.24) is 14.4 Å². The van der Waals surface area contributed by atoms with Crippen LogP contribution >= 0.6 is 0 Å². The first-order valence-corrected chi connectivity index (χ1v) is 9.84. The zero-order valence-corrected chi connectivity index (χ0v) is 15.6. The molecule has 2 atom stereocenters. The van der Waals surface area contributed by atoms with Crippen LogP contribution in [0.4, 0.5) is 0 Å². The number of fused-ring (bicyclic) bond motifs is 4. The quantitative estimate of drug-likeness (QED) is 0.830. The Bertz CT molecular complexity index is 773. The van der Waals surface area contributed by atoms with Gasteiger partial charge in [-0.1, -0.05) is 30.3 Å². The summed E-state index contributed by atoms with van der Waals surface area (Å²) >= 11 is 0. The molecule has 4 heterocycles. The minimum atomic E-state index is 0.651. The van der Waals surface area contributed by atoms with Crippen LogP contribution in [-0.4, -0.2) is 40.0 Å². The summed E-state index contributed by atoms with van der Waals surface area (Å²) in [6.45, 7) is 8.53. The molecule has 0 aliphatic carbocycles. The number of nitriles is 1. The highest BCUT2D eigenvalue weighted by Gasteiger charge is 2.34. The van der Waals surface area contributed by atoms with Gasteiger partial charge in [-0.2, -0.15) is 5.26 Å². The molecule has 3 saturated heterocycles. The molecular weight excluding hydrogens is 320 g/mol. The van der Waals surface area contributed by atoms with Crippen LogP contribution in [-0.2, 0) is 19.6 Å². The number of aryl methyl sites for hydroxylation is 1. The lowest BCUT2D eigenvalue weighted by atomic mass is 9.94. The van der Waals surface area contributed by atoms with E-state index in [2.05, 4.69) is 70.0 Å². The van der Waals surface area contributed by atoms with Crippen molar-refractivity contribution in [2.24, 2.45) is 5.92 Å². The van der Waals surface area contributed by atoms with Crippen molar-refractivity contribution in [3.63, 3.8) is 0 Å². The third kappa shape index (κ3) is 3.70. The number of piperidine rings is 1. The fourth-order valence-corrected chi connectivity index (χ4v) is 4.69. The molecule has 0 amide bonds. The van der Waals surface area contributed by atoms with Gasteiger partial charge in [-0.25, -0.2) is 0 Å². The van der Waals surface area contributed by atoms with E-state index < -0.39 is 0 Å². The number of rotatable bonds is 5. The molecule has 26 heavy (non-hydrogen) atoms. The average molecular weight is 348 g/mol. The summed E-state index contributed by atoms with van der Waals surface area (Å²) in [5, 5.41) is 9.29. The van der Waals surface area contributed by atoms with Crippen LogP contribution in [0.15, 0.2) is 42.6 Å². The second kappa shape index (κ2) is 7.65. The normalized spacial score (nSPS) is 23.7. The van der Waals surface area contributed by atoms with E-state index in [1.165, 1.54) is 37.1 Å². The Balaban J connectivity index is 1.44. The standard InChI is InChI=1S/C22H28N4/c1-2-25-16-20(10-22(25)11-23)13-24-12-19-8-9-21(17-24)26(15-19)14-18-6-4-3-5-7-18/h3-7,10,16,19,21H,2,8-9,12-15,17H2,1H3/t19-,21+/m1/s1. The van der Waals surface area contributed by atoms with Crippen LogP contribution < -0.4 is 0 Å². The highest BCUT2D eigenvalue weighted by atomic mass is 15.3. The molecule has 1 aromatic heterocycles.